The Balaban J connectivity index is 1.69. The van der Waals surface area contributed by atoms with Crippen LogP contribution in [0.5, 0.6) is 0 Å². The van der Waals surface area contributed by atoms with E-state index in [2.05, 4.69) is 0 Å². The number of fused-ring (bicyclic) bond motifs is 1. The Kier molecular flexibility index (Phi) is 16.9. The van der Waals surface area contributed by atoms with Crippen molar-refractivity contribution in [2.75, 3.05) is 26.9 Å². The van der Waals surface area contributed by atoms with Crippen molar-refractivity contribution >= 4 is 35.8 Å². The molecule has 4 saturated heterocycles. The molecule has 0 radical (unpaired) electrons. The van der Waals surface area contributed by atoms with Gasteiger partial charge in [0.15, 0.2) is 55.2 Å². The van der Waals surface area contributed by atoms with Gasteiger partial charge in [-0.1, -0.05) is 0 Å². The summed E-state index contributed by atoms with van der Waals surface area (Å²) in [5.74, 6) is -5.89. The number of ether oxygens (including phenoxy) is 14. The van der Waals surface area contributed by atoms with Gasteiger partial charge in [0.2, 0.25) is 0 Å². The maximum Gasteiger partial charge on any atom is 0.311 e. The largest absolute Gasteiger partial charge is 0.463 e. The molecule has 15 atom stereocenters. The smallest absolute Gasteiger partial charge is 0.311 e. The van der Waals surface area contributed by atoms with E-state index in [0.717, 1.165) is 27.7 Å². The molecule has 0 aliphatic carbocycles. The molecule has 2 N–H and O–H groups in total. The van der Waals surface area contributed by atoms with Crippen molar-refractivity contribution in [1.29, 1.82) is 0 Å². The fourth-order valence-electron chi connectivity index (χ4n) is 6.83. The molecule has 0 saturated carbocycles. The highest BCUT2D eigenvalue weighted by Crippen LogP contribution is 2.39. The number of methoxy groups -OCH3 is 1. The first kappa shape index (κ1) is 51.1. The van der Waals surface area contributed by atoms with Gasteiger partial charge in [-0.15, -0.1) is 0 Å². The highest BCUT2D eigenvalue weighted by Gasteiger charge is 2.59. The van der Waals surface area contributed by atoms with Crippen LogP contribution in [-0.4, -0.2) is 171 Å². The third-order valence-corrected chi connectivity index (χ3v) is 9.86. The second-order valence-corrected chi connectivity index (χ2v) is 17.8. The lowest BCUT2D eigenvalue weighted by Gasteiger charge is -2.52. The molecule has 354 valence electrons. The van der Waals surface area contributed by atoms with Gasteiger partial charge in [-0.25, -0.2) is 0 Å². The maximum atomic E-state index is 13.5. The zero-order valence-electron chi connectivity index (χ0n) is 37.3. The Labute approximate surface area is 359 Å². The Morgan fingerprint density at radius 3 is 1.65 bits per heavy atom. The normalized spacial score (nSPS) is 36.0. The summed E-state index contributed by atoms with van der Waals surface area (Å²) >= 11 is 0. The number of esters is 6. The predicted molar refractivity (Wildman–Crippen MR) is 203 cm³/mol. The molecule has 0 amide bonds. The van der Waals surface area contributed by atoms with E-state index in [1.807, 2.05) is 0 Å². The zero-order valence-corrected chi connectivity index (χ0v) is 37.3. The van der Waals surface area contributed by atoms with Gasteiger partial charge >= 0.3 is 35.8 Å². The molecule has 0 aromatic rings. The lowest BCUT2D eigenvalue weighted by atomic mass is 9.93. The Bertz CT molecular complexity index is 1600. The van der Waals surface area contributed by atoms with Crippen LogP contribution in [0.2, 0.25) is 0 Å². The minimum absolute atomic E-state index is 0.0902. The summed E-state index contributed by atoms with van der Waals surface area (Å²) in [4.78, 5) is 75.6. The lowest BCUT2D eigenvalue weighted by Crippen LogP contribution is -2.69. The summed E-state index contributed by atoms with van der Waals surface area (Å²) in [5, 5.41) is 23.3. The van der Waals surface area contributed by atoms with Gasteiger partial charge < -0.3 is 76.5 Å². The number of aliphatic hydroxyl groups excluding tert-OH is 2. The van der Waals surface area contributed by atoms with Crippen molar-refractivity contribution in [3.05, 3.63) is 0 Å². The molecule has 4 heterocycles. The fraction of sp³-hybridized carbons (Fsp3) is 0.850. The third-order valence-electron chi connectivity index (χ3n) is 9.86. The number of carbonyl (C=O) groups is 6. The average molecular weight is 895 g/mol. The van der Waals surface area contributed by atoms with Crippen molar-refractivity contribution in [3.63, 3.8) is 0 Å². The van der Waals surface area contributed by atoms with Crippen LogP contribution in [0.15, 0.2) is 0 Å². The lowest BCUT2D eigenvalue weighted by molar-refractivity contribution is -0.400. The van der Waals surface area contributed by atoms with Crippen molar-refractivity contribution in [2.24, 2.45) is 10.8 Å². The number of aliphatic hydroxyl groups is 2. The molecule has 4 aliphatic rings. The van der Waals surface area contributed by atoms with Crippen LogP contribution >= 0.6 is 0 Å². The molecule has 62 heavy (non-hydrogen) atoms. The summed E-state index contributed by atoms with van der Waals surface area (Å²) in [7, 11) is 1.20. The Morgan fingerprint density at radius 1 is 0.597 bits per heavy atom. The van der Waals surface area contributed by atoms with E-state index in [1.165, 1.54) is 7.11 Å². The predicted octanol–water partition coefficient (Wildman–Crippen LogP) is 0.357. The minimum atomic E-state index is -1.81. The quantitative estimate of drug-likeness (QED) is 0.187. The molecule has 22 nitrogen and oxygen atoms in total. The molecule has 4 aliphatic heterocycles. The van der Waals surface area contributed by atoms with E-state index in [9.17, 15) is 39.0 Å². The van der Waals surface area contributed by atoms with Crippen LogP contribution < -0.4 is 0 Å². The summed E-state index contributed by atoms with van der Waals surface area (Å²) < 4.78 is 81.4. The van der Waals surface area contributed by atoms with Crippen molar-refractivity contribution < 1.29 is 105 Å². The van der Waals surface area contributed by atoms with E-state index in [-0.39, 0.29) is 6.61 Å². The summed E-state index contributed by atoms with van der Waals surface area (Å²) in [6.07, 6.45) is -22.4. The Hall–Kier alpha value is -3.58. The summed E-state index contributed by atoms with van der Waals surface area (Å²) in [6.45, 7) is 16.0. The monoisotopic (exact) mass is 894 g/mol. The van der Waals surface area contributed by atoms with Gasteiger partial charge in [-0.2, -0.15) is 0 Å². The molecule has 0 spiro atoms. The molecule has 0 aromatic carbocycles. The summed E-state index contributed by atoms with van der Waals surface area (Å²) in [6, 6.07) is 0. The van der Waals surface area contributed by atoms with Gasteiger partial charge in [-0.05, 0) is 55.4 Å². The zero-order chi connectivity index (χ0) is 46.6. The van der Waals surface area contributed by atoms with Crippen LogP contribution in [-0.2, 0) is 95.1 Å². The SMILES string of the molecule is CO[C@@H]1O[C@H](CO[C@@H]2O[C@H](COC(C)=O)[C@@H](OC(C)=O)[C@H](OC(C)=O)[C@H]2OC(C)=O)[C@@H](O)[C@H](O[C@@H]2O[C@@H]3COC(C)(C)O[C@H]3[C@H](OC(=O)C(C)(C)C)[C@H]2OC(=O)C(C)(C)C)[C@H]1O. The second-order valence-electron chi connectivity index (χ2n) is 17.8. The van der Waals surface area contributed by atoms with Crippen LogP contribution in [0.1, 0.15) is 83.1 Å². The molecule has 0 unspecified atom stereocenters. The highest BCUT2D eigenvalue weighted by atomic mass is 16.8. The van der Waals surface area contributed by atoms with E-state index >= 15 is 0 Å². The first-order valence-electron chi connectivity index (χ1n) is 20.1. The van der Waals surface area contributed by atoms with E-state index < -0.39 is 158 Å². The second kappa shape index (κ2) is 20.5. The number of hydrogen-bond donors (Lipinski definition) is 2. The van der Waals surface area contributed by atoms with Crippen LogP contribution in [0.3, 0.4) is 0 Å². The number of carbonyl (C=O) groups excluding carboxylic acids is 6. The maximum absolute atomic E-state index is 13.5. The van der Waals surface area contributed by atoms with Crippen molar-refractivity contribution in [1.82, 2.24) is 0 Å². The highest BCUT2D eigenvalue weighted by molar-refractivity contribution is 5.77. The van der Waals surface area contributed by atoms with Crippen LogP contribution in [0, 0.1) is 10.8 Å². The van der Waals surface area contributed by atoms with Crippen LogP contribution in [0.25, 0.3) is 0 Å². The molecule has 4 rings (SSSR count). The molecule has 4 fully saturated rings. The number of rotatable bonds is 13. The van der Waals surface area contributed by atoms with Gasteiger partial charge in [-0.3, -0.25) is 28.8 Å². The summed E-state index contributed by atoms with van der Waals surface area (Å²) in [5.41, 5.74) is -2.10. The standard InChI is InChI=1S/C40H62O22/c1-17(41)50-15-22-26(53-18(2)42)29(54-19(3)43)31(55-20(4)44)34(57-22)51-14-21-24(45)28(25(46)33(49-13)56-21)59-35-32(61-37(48)39(8,9)10)30(60-36(47)38(5,6)7)27-23(58-35)16-52-40(11,12)62-27/h21-35,45-46H,14-16H2,1-13H3/t21-,22-,23-,24-,25-,26-,27-,28+,29+,30+,31-,32-,33-,34-,35+/m1/s1. The van der Waals surface area contributed by atoms with Crippen molar-refractivity contribution in [3.8, 4) is 0 Å². The van der Waals surface area contributed by atoms with E-state index in [4.69, 9.17) is 66.3 Å². The molecule has 0 bridgehead atoms. The first-order chi connectivity index (χ1) is 28.6. The number of hydrogen-bond acceptors (Lipinski definition) is 22. The average Bonchev–Trinajstić information content (AvgIpc) is 3.13. The molecular weight excluding hydrogens is 832 g/mol. The van der Waals surface area contributed by atoms with Gasteiger partial charge in [0.05, 0.1) is 24.0 Å². The first-order valence-corrected chi connectivity index (χ1v) is 20.1. The van der Waals surface area contributed by atoms with Gasteiger partial charge in [0, 0.05) is 34.8 Å². The van der Waals surface area contributed by atoms with E-state index in [0.29, 0.717) is 0 Å². The van der Waals surface area contributed by atoms with Crippen molar-refractivity contribution in [2.45, 2.75) is 181 Å². The molecule has 0 aromatic heterocycles. The Morgan fingerprint density at radius 2 is 1.11 bits per heavy atom. The van der Waals surface area contributed by atoms with E-state index in [1.54, 1.807) is 55.4 Å². The topological polar surface area (TPSA) is 272 Å². The van der Waals surface area contributed by atoms with Crippen LogP contribution in [0.4, 0.5) is 0 Å². The minimum Gasteiger partial charge on any atom is -0.463 e. The van der Waals surface area contributed by atoms with Gasteiger partial charge in [0.1, 0.15) is 49.3 Å². The molecule has 22 heteroatoms. The molecular formula is C40H62O22. The fourth-order valence-corrected chi connectivity index (χ4v) is 6.83. The third kappa shape index (κ3) is 13.0. The van der Waals surface area contributed by atoms with Gasteiger partial charge in [0.25, 0.3) is 0 Å².